The highest BCUT2D eigenvalue weighted by atomic mass is 15.5. The second kappa shape index (κ2) is 8.03. The third-order valence-corrected chi connectivity index (χ3v) is 2.27. The lowest BCUT2D eigenvalue weighted by Crippen LogP contribution is -1.97. The standard InChI is InChI=1S/C12H9N3.2C2H6/c1-2-6-10(7-3-1)15-13-11-8-4-5-9-12(11)14-15;2*1-2/h1-9H;2*1-2H3. The molecule has 3 heteroatoms. The summed E-state index contributed by atoms with van der Waals surface area (Å²) < 4.78 is 0. The van der Waals surface area contributed by atoms with Crippen LogP contribution in [0.1, 0.15) is 27.7 Å². The minimum absolute atomic E-state index is 0.918. The number of benzene rings is 2. The normalized spacial score (nSPS) is 9.05. The molecular formula is C16H21N3. The fourth-order valence-corrected chi connectivity index (χ4v) is 1.54. The maximum Gasteiger partial charge on any atom is 0.113 e. The molecule has 0 saturated heterocycles. The van der Waals surface area contributed by atoms with Crippen LogP contribution in [-0.4, -0.2) is 15.0 Å². The van der Waals surface area contributed by atoms with Crippen molar-refractivity contribution in [2.75, 3.05) is 0 Å². The Kier molecular flexibility index (Phi) is 6.30. The van der Waals surface area contributed by atoms with Crippen molar-refractivity contribution in [3.8, 4) is 5.69 Å². The number of hydrogen-bond acceptors (Lipinski definition) is 2. The lowest BCUT2D eigenvalue weighted by molar-refractivity contribution is 0.766. The van der Waals surface area contributed by atoms with E-state index in [1.165, 1.54) is 0 Å². The number of fused-ring (bicyclic) bond motifs is 1. The van der Waals surface area contributed by atoms with Crippen molar-refractivity contribution in [2.45, 2.75) is 27.7 Å². The summed E-state index contributed by atoms with van der Waals surface area (Å²) in [5.74, 6) is 0. The van der Waals surface area contributed by atoms with Gasteiger partial charge in [-0.2, -0.15) is 4.80 Å². The van der Waals surface area contributed by atoms with Gasteiger partial charge in [-0.25, -0.2) is 0 Å². The van der Waals surface area contributed by atoms with E-state index < -0.39 is 0 Å². The number of aromatic nitrogens is 3. The number of para-hydroxylation sites is 1. The fourth-order valence-electron chi connectivity index (χ4n) is 1.54. The van der Waals surface area contributed by atoms with Gasteiger partial charge in [-0.15, -0.1) is 10.2 Å². The highest BCUT2D eigenvalue weighted by molar-refractivity contribution is 5.73. The van der Waals surface area contributed by atoms with Gasteiger partial charge in [0.05, 0.1) is 5.69 Å². The molecule has 0 unspecified atom stereocenters. The minimum Gasteiger partial charge on any atom is -0.150 e. The van der Waals surface area contributed by atoms with Gasteiger partial charge < -0.3 is 0 Å². The number of hydrogen-bond donors (Lipinski definition) is 0. The largest absolute Gasteiger partial charge is 0.150 e. The Bertz CT molecular complexity index is 552. The number of rotatable bonds is 1. The average molecular weight is 255 g/mol. The predicted molar refractivity (Wildman–Crippen MR) is 81.6 cm³/mol. The molecule has 0 saturated carbocycles. The molecule has 0 N–H and O–H groups in total. The molecular weight excluding hydrogens is 234 g/mol. The van der Waals surface area contributed by atoms with Crippen LogP contribution in [0, 0.1) is 0 Å². The molecule has 0 atom stereocenters. The zero-order valence-electron chi connectivity index (χ0n) is 12.0. The van der Waals surface area contributed by atoms with E-state index in [1.54, 1.807) is 4.80 Å². The molecule has 3 nitrogen and oxygen atoms in total. The van der Waals surface area contributed by atoms with Crippen LogP contribution in [0.5, 0.6) is 0 Å². The molecule has 0 aliphatic rings. The topological polar surface area (TPSA) is 30.7 Å². The van der Waals surface area contributed by atoms with Gasteiger partial charge in [0, 0.05) is 0 Å². The van der Waals surface area contributed by atoms with E-state index in [0.29, 0.717) is 0 Å². The van der Waals surface area contributed by atoms with Crippen molar-refractivity contribution >= 4 is 11.0 Å². The molecule has 0 aliphatic carbocycles. The summed E-state index contributed by atoms with van der Waals surface area (Å²) in [4.78, 5) is 1.66. The van der Waals surface area contributed by atoms with Crippen LogP contribution in [0.3, 0.4) is 0 Å². The Hall–Kier alpha value is -2.16. The second-order valence-corrected chi connectivity index (χ2v) is 3.31. The van der Waals surface area contributed by atoms with Gasteiger partial charge in [-0.3, -0.25) is 0 Å². The van der Waals surface area contributed by atoms with Crippen LogP contribution in [-0.2, 0) is 0 Å². The van der Waals surface area contributed by atoms with Crippen LogP contribution in [0.2, 0.25) is 0 Å². The first-order valence-electron chi connectivity index (χ1n) is 6.81. The summed E-state index contributed by atoms with van der Waals surface area (Å²) in [6.45, 7) is 8.00. The first-order valence-corrected chi connectivity index (χ1v) is 6.81. The van der Waals surface area contributed by atoms with E-state index in [2.05, 4.69) is 10.2 Å². The highest BCUT2D eigenvalue weighted by Crippen LogP contribution is 2.10. The maximum absolute atomic E-state index is 4.39. The van der Waals surface area contributed by atoms with Crippen molar-refractivity contribution in [3.05, 3.63) is 54.6 Å². The molecule has 0 radical (unpaired) electrons. The summed E-state index contributed by atoms with van der Waals surface area (Å²) in [6, 6.07) is 17.7. The van der Waals surface area contributed by atoms with Gasteiger partial charge in [-0.05, 0) is 24.3 Å². The maximum atomic E-state index is 4.39. The van der Waals surface area contributed by atoms with Gasteiger partial charge in [0.1, 0.15) is 11.0 Å². The molecule has 100 valence electrons. The fraction of sp³-hybridized carbons (Fsp3) is 0.250. The Morgan fingerprint density at radius 2 is 1.05 bits per heavy atom. The van der Waals surface area contributed by atoms with Crippen molar-refractivity contribution in [1.29, 1.82) is 0 Å². The van der Waals surface area contributed by atoms with Crippen LogP contribution in [0.15, 0.2) is 54.6 Å². The van der Waals surface area contributed by atoms with Gasteiger partial charge in [-0.1, -0.05) is 58.0 Å². The van der Waals surface area contributed by atoms with Gasteiger partial charge in [0.2, 0.25) is 0 Å². The van der Waals surface area contributed by atoms with Crippen LogP contribution < -0.4 is 0 Å². The Balaban J connectivity index is 0.000000415. The van der Waals surface area contributed by atoms with Gasteiger partial charge in [0.25, 0.3) is 0 Å². The van der Waals surface area contributed by atoms with E-state index in [1.807, 2.05) is 82.3 Å². The quantitative estimate of drug-likeness (QED) is 0.642. The van der Waals surface area contributed by atoms with Crippen molar-refractivity contribution in [3.63, 3.8) is 0 Å². The summed E-state index contributed by atoms with van der Waals surface area (Å²) in [7, 11) is 0. The molecule has 0 spiro atoms. The predicted octanol–water partition coefficient (Wildman–Crippen LogP) is 4.47. The monoisotopic (exact) mass is 255 g/mol. The summed E-state index contributed by atoms with van der Waals surface area (Å²) in [5.41, 5.74) is 2.82. The summed E-state index contributed by atoms with van der Waals surface area (Å²) in [6.07, 6.45) is 0. The Morgan fingerprint density at radius 1 is 0.632 bits per heavy atom. The van der Waals surface area contributed by atoms with Crippen molar-refractivity contribution in [1.82, 2.24) is 15.0 Å². The first-order chi connectivity index (χ1) is 9.43. The summed E-state index contributed by atoms with van der Waals surface area (Å²) in [5, 5.41) is 8.78. The Morgan fingerprint density at radius 3 is 1.53 bits per heavy atom. The SMILES string of the molecule is CC.CC.c1ccc(-n2nc3ccccc3n2)cc1. The smallest absolute Gasteiger partial charge is 0.113 e. The zero-order valence-corrected chi connectivity index (χ0v) is 12.0. The molecule has 0 bridgehead atoms. The molecule has 0 amide bonds. The van der Waals surface area contributed by atoms with Crippen molar-refractivity contribution < 1.29 is 0 Å². The molecule has 0 aliphatic heterocycles. The van der Waals surface area contributed by atoms with E-state index in [-0.39, 0.29) is 0 Å². The van der Waals surface area contributed by atoms with E-state index in [9.17, 15) is 0 Å². The van der Waals surface area contributed by atoms with Gasteiger partial charge in [0.15, 0.2) is 0 Å². The molecule has 19 heavy (non-hydrogen) atoms. The van der Waals surface area contributed by atoms with Gasteiger partial charge >= 0.3 is 0 Å². The number of nitrogens with zero attached hydrogens (tertiary/aromatic N) is 3. The lowest BCUT2D eigenvalue weighted by atomic mass is 10.3. The van der Waals surface area contributed by atoms with Crippen molar-refractivity contribution in [2.24, 2.45) is 0 Å². The molecule has 1 aromatic heterocycles. The minimum atomic E-state index is 0.918. The molecule has 1 heterocycles. The zero-order chi connectivity index (χ0) is 14.1. The van der Waals surface area contributed by atoms with Crippen LogP contribution >= 0.6 is 0 Å². The third-order valence-electron chi connectivity index (χ3n) is 2.27. The average Bonchev–Trinajstić information content (AvgIpc) is 2.96. The first kappa shape index (κ1) is 14.9. The van der Waals surface area contributed by atoms with Crippen LogP contribution in [0.4, 0.5) is 0 Å². The van der Waals surface area contributed by atoms with E-state index in [4.69, 9.17) is 0 Å². The van der Waals surface area contributed by atoms with Crippen LogP contribution in [0.25, 0.3) is 16.7 Å². The molecule has 2 aromatic carbocycles. The molecule has 3 aromatic rings. The summed E-state index contributed by atoms with van der Waals surface area (Å²) >= 11 is 0. The Labute approximate surface area is 114 Å². The third kappa shape index (κ3) is 3.65. The van der Waals surface area contributed by atoms with E-state index >= 15 is 0 Å². The lowest BCUT2D eigenvalue weighted by Gasteiger charge is -1.96. The highest BCUT2D eigenvalue weighted by Gasteiger charge is 2.01. The molecule has 3 rings (SSSR count). The molecule has 0 fully saturated rings. The van der Waals surface area contributed by atoms with E-state index in [0.717, 1.165) is 16.7 Å². The second-order valence-electron chi connectivity index (χ2n) is 3.31.